The summed E-state index contributed by atoms with van der Waals surface area (Å²) < 4.78 is 4.94. The molecule has 0 radical (unpaired) electrons. The minimum absolute atomic E-state index is 0.0688. The van der Waals surface area contributed by atoms with Crippen LogP contribution in [0.3, 0.4) is 0 Å². The molecule has 2 atom stereocenters. The zero-order valence-electron chi connectivity index (χ0n) is 14.2. The first-order valence-electron chi connectivity index (χ1n) is 8.52. The summed E-state index contributed by atoms with van der Waals surface area (Å²) in [6.07, 6.45) is 2.41. The Kier molecular flexibility index (Phi) is 6.94. The number of aliphatic hydroxyl groups is 1. The summed E-state index contributed by atoms with van der Waals surface area (Å²) in [7, 11) is 0. The minimum atomic E-state index is -1.48. The van der Waals surface area contributed by atoms with E-state index in [4.69, 9.17) is 4.74 Å². The molecule has 0 saturated heterocycles. The molecule has 2 rings (SSSR count). The minimum Gasteiger partial charge on any atom is -0.450 e. The third-order valence-electron chi connectivity index (χ3n) is 4.18. The lowest BCUT2D eigenvalue weighted by Gasteiger charge is -2.23. The van der Waals surface area contributed by atoms with Crippen LogP contribution < -0.4 is 10.6 Å². The van der Waals surface area contributed by atoms with Gasteiger partial charge >= 0.3 is 12.0 Å². The largest absolute Gasteiger partial charge is 0.450 e. The molecule has 0 bridgehead atoms. The normalized spacial score (nSPS) is 17.2. The Balaban J connectivity index is 1.78. The molecule has 7 heteroatoms. The summed E-state index contributed by atoms with van der Waals surface area (Å²) in [5, 5.41) is 14.8. The second-order valence-electron chi connectivity index (χ2n) is 6.19. The van der Waals surface area contributed by atoms with E-state index in [1.807, 2.05) is 0 Å². The molecule has 1 aromatic carbocycles. The van der Waals surface area contributed by atoms with E-state index >= 15 is 0 Å². The van der Waals surface area contributed by atoms with Crippen molar-refractivity contribution in [2.24, 2.45) is 0 Å². The molecule has 1 fully saturated rings. The average Bonchev–Trinajstić information content (AvgIpc) is 2.62. The molecule has 1 saturated carbocycles. The predicted octanol–water partition coefficient (Wildman–Crippen LogP) is 1.81. The Labute approximate surface area is 146 Å². The van der Waals surface area contributed by atoms with Gasteiger partial charge in [-0.25, -0.2) is 9.59 Å². The van der Waals surface area contributed by atoms with Gasteiger partial charge in [0.1, 0.15) is 0 Å². The van der Waals surface area contributed by atoms with E-state index < -0.39 is 30.1 Å². The lowest BCUT2D eigenvalue weighted by atomic mass is 9.96. The van der Waals surface area contributed by atoms with Crippen molar-refractivity contribution in [2.75, 3.05) is 0 Å². The van der Waals surface area contributed by atoms with Crippen LogP contribution >= 0.6 is 0 Å². The molecule has 0 unspecified atom stereocenters. The summed E-state index contributed by atoms with van der Waals surface area (Å²) in [4.78, 5) is 35.7. The van der Waals surface area contributed by atoms with Crippen LogP contribution in [-0.4, -0.2) is 35.2 Å². The smallest absolute Gasteiger partial charge is 0.340 e. The summed E-state index contributed by atoms with van der Waals surface area (Å²) in [5.41, 5.74) is 0.371. The van der Waals surface area contributed by atoms with E-state index in [1.54, 1.807) is 30.3 Å². The number of carbonyl (C=O) groups is 3. The number of nitrogens with one attached hydrogen (secondary N) is 2. The molecule has 1 aliphatic rings. The van der Waals surface area contributed by atoms with Crippen LogP contribution in [0, 0.1) is 0 Å². The quantitative estimate of drug-likeness (QED) is 0.704. The van der Waals surface area contributed by atoms with Gasteiger partial charge in [0.25, 0.3) is 5.91 Å². The molecule has 7 nitrogen and oxygen atoms in total. The number of aliphatic hydroxyl groups excluding tert-OH is 1. The molecular weight excluding hydrogens is 324 g/mol. The lowest BCUT2D eigenvalue weighted by Crippen LogP contribution is -2.48. The van der Waals surface area contributed by atoms with Crippen molar-refractivity contribution in [3.05, 3.63) is 35.9 Å². The Morgan fingerprint density at radius 1 is 1.12 bits per heavy atom. The van der Waals surface area contributed by atoms with Crippen LogP contribution in [0.2, 0.25) is 0 Å². The van der Waals surface area contributed by atoms with Gasteiger partial charge in [-0.1, -0.05) is 49.6 Å². The highest BCUT2D eigenvalue weighted by molar-refractivity contribution is 5.97. The van der Waals surface area contributed by atoms with Crippen LogP contribution in [0.5, 0.6) is 0 Å². The average molecular weight is 348 g/mol. The molecule has 1 aliphatic carbocycles. The zero-order chi connectivity index (χ0) is 18.2. The number of hydrogen-bond donors (Lipinski definition) is 3. The molecule has 1 aromatic rings. The highest BCUT2D eigenvalue weighted by Crippen LogP contribution is 2.17. The van der Waals surface area contributed by atoms with Gasteiger partial charge in [-0.15, -0.1) is 0 Å². The summed E-state index contributed by atoms with van der Waals surface area (Å²) in [6, 6.07) is 7.74. The van der Waals surface area contributed by atoms with Crippen LogP contribution in [-0.2, 0) is 14.3 Å². The fourth-order valence-corrected chi connectivity index (χ4v) is 2.75. The van der Waals surface area contributed by atoms with Crippen molar-refractivity contribution in [2.45, 2.75) is 57.3 Å². The first kappa shape index (κ1) is 18.9. The highest BCUT2D eigenvalue weighted by atomic mass is 16.6. The van der Waals surface area contributed by atoms with E-state index in [1.165, 1.54) is 6.92 Å². The van der Waals surface area contributed by atoms with Gasteiger partial charge in [-0.2, -0.15) is 0 Å². The van der Waals surface area contributed by atoms with E-state index in [-0.39, 0.29) is 6.04 Å². The number of amides is 3. The Bertz CT molecular complexity index is 599. The van der Waals surface area contributed by atoms with Gasteiger partial charge in [0.05, 0.1) is 0 Å². The van der Waals surface area contributed by atoms with E-state index in [9.17, 15) is 19.5 Å². The van der Waals surface area contributed by atoms with Crippen molar-refractivity contribution in [1.29, 1.82) is 0 Å². The van der Waals surface area contributed by atoms with Crippen LogP contribution in [0.1, 0.15) is 50.7 Å². The predicted molar refractivity (Wildman–Crippen MR) is 90.5 cm³/mol. The van der Waals surface area contributed by atoms with E-state index in [2.05, 4.69) is 10.6 Å². The molecule has 136 valence electrons. The standard InChI is InChI=1S/C18H24N2O5/c1-12(25-17(23)15(21)13-8-4-2-5-9-13)16(22)20-18(24)19-14-10-6-3-7-11-14/h2,4-5,8-9,12,14-15,21H,3,6-7,10-11H2,1H3,(H2,19,20,22,24)/t12-,15+/m0/s1. The van der Waals surface area contributed by atoms with Gasteiger partial charge in [0.15, 0.2) is 12.2 Å². The number of urea groups is 1. The maximum atomic E-state index is 12.0. The third kappa shape index (κ3) is 5.86. The van der Waals surface area contributed by atoms with E-state index in [0.29, 0.717) is 5.56 Å². The Hall–Kier alpha value is -2.41. The molecule has 0 aromatic heterocycles. The number of ether oxygens (including phenoxy) is 1. The fraction of sp³-hybridized carbons (Fsp3) is 0.500. The van der Waals surface area contributed by atoms with Crippen molar-refractivity contribution in [1.82, 2.24) is 10.6 Å². The van der Waals surface area contributed by atoms with Crippen LogP contribution in [0.15, 0.2) is 30.3 Å². The summed E-state index contributed by atoms with van der Waals surface area (Å²) in [5.74, 6) is -1.68. The maximum Gasteiger partial charge on any atom is 0.340 e. The van der Waals surface area contributed by atoms with E-state index in [0.717, 1.165) is 32.1 Å². The second kappa shape index (κ2) is 9.17. The highest BCUT2D eigenvalue weighted by Gasteiger charge is 2.26. The van der Waals surface area contributed by atoms with Gasteiger partial charge in [0, 0.05) is 6.04 Å². The van der Waals surface area contributed by atoms with Gasteiger partial charge < -0.3 is 15.2 Å². The number of imide groups is 1. The van der Waals surface area contributed by atoms with Gasteiger partial charge in [0.2, 0.25) is 0 Å². The second-order valence-corrected chi connectivity index (χ2v) is 6.19. The lowest BCUT2D eigenvalue weighted by molar-refractivity contribution is -0.163. The fourth-order valence-electron chi connectivity index (χ4n) is 2.75. The third-order valence-corrected chi connectivity index (χ3v) is 4.18. The van der Waals surface area contributed by atoms with Crippen molar-refractivity contribution in [3.8, 4) is 0 Å². The Morgan fingerprint density at radius 2 is 1.76 bits per heavy atom. The van der Waals surface area contributed by atoms with Crippen LogP contribution in [0.4, 0.5) is 4.79 Å². The monoisotopic (exact) mass is 348 g/mol. The van der Waals surface area contributed by atoms with Crippen molar-refractivity contribution < 1.29 is 24.2 Å². The number of hydrogen-bond acceptors (Lipinski definition) is 5. The maximum absolute atomic E-state index is 12.0. The SMILES string of the molecule is C[C@H](OC(=O)[C@H](O)c1ccccc1)C(=O)NC(=O)NC1CCCCC1. The zero-order valence-corrected chi connectivity index (χ0v) is 14.2. The topological polar surface area (TPSA) is 105 Å². The number of esters is 1. The first-order chi connectivity index (χ1) is 12.0. The molecule has 0 aliphatic heterocycles. The number of carbonyl (C=O) groups excluding carboxylic acids is 3. The van der Waals surface area contributed by atoms with Crippen LogP contribution in [0.25, 0.3) is 0 Å². The molecule has 0 spiro atoms. The molecule has 25 heavy (non-hydrogen) atoms. The van der Waals surface area contributed by atoms with Gasteiger partial charge in [-0.3, -0.25) is 10.1 Å². The van der Waals surface area contributed by atoms with Crippen molar-refractivity contribution >= 4 is 17.9 Å². The first-order valence-corrected chi connectivity index (χ1v) is 8.52. The van der Waals surface area contributed by atoms with Crippen molar-refractivity contribution in [3.63, 3.8) is 0 Å². The molecule has 3 amide bonds. The summed E-state index contributed by atoms with van der Waals surface area (Å²) in [6.45, 7) is 1.35. The number of rotatable bonds is 5. The summed E-state index contributed by atoms with van der Waals surface area (Å²) >= 11 is 0. The molecule has 0 heterocycles. The van der Waals surface area contributed by atoms with Gasteiger partial charge in [-0.05, 0) is 25.3 Å². The molecule has 3 N–H and O–H groups in total. The number of benzene rings is 1. The Morgan fingerprint density at radius 3 is 2.40 bits per heavy atom. The molecular formula is C18H24N2O5.